The number of hydrogen-bond acceptors (Lipinski definition) is 28. The third-order valence-corrected chi connectivity index (χ3v) is 25.0. The number of carbonyl (C=O) groups is 5. The van der Waals surface area contributed by atoms with Crippen LogP contribution in [0.3, 0.4) is 0 Å². The van der Waals surface area contributed by atoms with E-state index in [1.807, 2.05) is 60.2 Å². The van der Waals surface area contributed by atoms with Crippen LogP contribution in [0.4, 0.5) is 11.4 Å². The number of amides is 2. The van der Waals surface area contributed by atoms with Gasteiger partial charge >= 0.3 is 10.4 Å². The predicted molar refractivity (Wildman–Crippen MR) is 455 cm³/mol. The van der Waals surface area contributed by atoms with Crippen molar-refractivity contribution in [3.63, 3.8) is 0 Å². The van der Waals surface area contributed by atoms with Crippen LogP contribution in [-0.4, -0.2) is 244 Å². The summed E-state index contributed by atoms with van der Waals surface area (Å²) in [6.07, 6.45) is -1.68. The Morgan fingerprint density at radius 3 is 1.68 bits per heavy atom. The smallest absolute Gasteiger partial charge is 0.493 e. The van der Waals surface area contributed by atoms with Crippen molar-refractivity contribution < 1.29 is 117 Å². The Hall–Kier alpha value is -11.7. The fraction of sp³-hybridized carbons (Fsp3) is 0.374. The van der Waals surface area contributed by atoms with E-state index in [2.05, 4.69) is 22.4 Å². The molecular formula is C91H99N8O24S2+. The maximum atomic E-state index is 14.3. The zero-order valence-electron chi connectivity index (χ0n) is 69.5. The standard InChI is InChI=1S/C91H99N8O24S2/c1-58-20-27-71(28-21-58)124(109,110)41-30-78(103)63-17-9-16-62(42-63)76(101)18-11-35-116-39-40-117-57-67-54-96(95-94-67)31-36-115-34-10-19-77(102)64-24-29-79(120-91-88(106)87(105)86(104)85(56-100)121-91)84(45-64)123-125(111,112)122-70-25-22-59(23-26-70)55-99(2,32-37-118-82-48-74-72(46-80(82)113-3)89(107)97-52-65-14-7-5-12-60(65)43-68(97)50-92-74)33-38-119-83-49-75-73(47-81(83)114-4)90(108)98-53-66-15-8-6-13-61(66)44-69(98)51-93-75/h5-9,12-17,20-29,42,45-51,54,68-69,85-88,91,100,104-106H,10-11,18-19,30-41,43-44,52-53,55-57H2,1-4H3/q+1/t68-,69-,85+,86-,87-,88+,91?/m0/s1. The average molecular weight is 1750 g/mol. The summed E-state index contributed by atoms with van der Waals surface area (Å²) in [7, 11) is -3.79. The summed E-state index contributed by atoms with van der Waals surface area (Å²) in [5.74, 6) is -1.54. The van der Waals surface area contributed by atoms with Crippen molar-refractivity contribution in [1.29, 1.82) is 0 Å². The van der Waals surface area contributed by atoms with Crippen LogP contribution in [0.5, 0.6) is 40.2 Å². The zero-order valence-corrected chi connectivity index (χ0v) is 71.1. The number of hydrogen-bond donors (Lipinski definition) is 4. The number of quaternary nitrogens is 1. The van der Waals surface area contributed by atoms with Gasteiger partial charge in [0.15, 0.2) is 61.7 Å². The molecule has 658 valence electrons. The number of Topliss-reactive ketones (excluding diaryl/α,β-unsaturated/α-hetero) is 3. The molecule has 0 aliphatic carbocycles. The van der Waals surface area contributed by atoms with Crippen molar-refractivity contribution in [2.45, 2.75) is 132 Å². The van der Waals surface area contributed by atoms with E-state index in [-0.39, 0.29) is 146 Å². The van der Waals surface area contributed by atoms with Gasteiger partial charge in [0.05, 0.1) is 112 Å². The molecule has 7 atom stereocenters. The van der Waals surface area contributed by atoms with E-state index in [0.29, 0.717) is 121 Å². The Morgan fingerprint density at radius 1 is 0.552 bits per heavy atom. The quantitative estimate of drug-likeness (QED) is 0.0157. The number of fused-ring (bicyclic) bond motifs is 6. The number of aliphatic hydroxyl groups excluding tert-OH is 4. The van der Waals surface area contributed by atoms with Crippen LogP contribution >= 0.6 is 0 Å². The summed E-state index contributed by atoms with van der Waals surface area (Å²) in [5, 5.41) is 50.3. The summed E-state index contributed by atoms with van der Waals surface area (Å²) < 4.78 is 120. The molecule has 125 heavy (non-hydrogen) atoms. The van der Waals surface area contributed by atoms with E-state index in [1.54, 1.807) is 90.0 Å². The Morgan fingerprint density at radius 2 is 1.10 bits per heavy atom. The van der Waals surface area contributed by atoms with Gasteiger partial charge in [0.1, 0.15) is 68.7 Å². The summed E-state index contributed by atoms with van der Waals surface area (Å²) in [6, 6.07) is 44.8. The van der Waals surface area contributed by atoms with Gasteiger partial charge in [-0.3, -0.25) is 34.0 Å². The lowest BCUT2D eigenvalue weighted by atomic mass is 9.94. The number of ketones is 3. The van der Waals surface area contributed by atoms with E-state index in [0.717, 1.165) is 33.9 Å². The Bertz CT molecular complexity index is 5540. The number of aryl methyl sites for hydroxylation is 1. The van der Waals surface area contributed by atoms with Gasteiger partial charge in [-0.25, -0.2) is 13.1 Å². The van der Waals surface area contributed by atoms with Gasteiger partial charge in [-0.2, -0.15) is 0 Å². The number of aliphatic imine (C=N–C) groups is 2. The van der Waals surface area contributed by atoms with Gasteiger partial charge in [0.2, 0.25) is 6.29 Å². The van der Waals surface area contributed by atoms with Gasteiger partial charge in [-0.1, -0.05) is 89.6 Å². The summed E-state index contributed by atoms with van der Waals surface area (Å²) in [6.45, 7) is 4.70. The molecule has 8 aromatic carbocycles. The lowest BCUT2D eigenvalue weighted by Gasteiger charge is -2.39. The first kappa shape index (κ1) is 89.6. The molecule has 1 saturated heterocycles. The molecule has 9 aromatic rings. The van der Waals surface area contributed by atoms with Crippen molar-refractivity contribution in [1.82, 2.24) is 24.8 Å². The van der Waals surface area contributed by atoms with Crippen LogP contribution < -0.4 is 32.1 Å². The number of benzene rings is 8. The van der Waals surface area contributed by atoms with E-state index in [1.165, 1.54) is 56.7 Å². The Balaban J connectivity index is 0.576. The van der Waals surface area contributed by atoms with Crippen molar-refractivity contribution >= 4 is 73.2 Å². The highest BCUT2D eigenvalue weighted by atomic mass is 32.3. The molecule has 5 aliphatic rings. The highest BCUT2D eigenvalue weighted by Gasteiger charge is 2.46. The number of rotatable bonds is 42. The molecule has 4 N–H and O–H groups in total. The van der Waals surface area contributed by atoms with Gasteiger partial charge in [0.25, 0.3) is 11.8 Å². The molecule has 0 spiro atoms. The maximum Gasteiger partial charge on any atom is 0.501 e. The molecule has 1 fully saturated rings. The molecule has 0 saturated carbocycles. The van der Waals surface area contributed by atoms with Crippen LogP contribution in [0, 0.1) is 6.92 Å². The third-order valence-electron chi connectivity index (χ3n) is 22.4. The van der Waals surface area contributed by atoms with Crippen LogP contribution in [0.25, 0.3) is 0 Å². The first-order valence-electron chi connectivity index (χ1n) is 41.1. The number of aliphatic hydroxyl groups is 4. The average Bonchev–Trinajstić information content (AvgIpc) is 0.877. The molecule has 6 heterocycles. The minimum atomic E-state index is -5.12. The molecule has 0 radical (unpaired) electrons. The third kappa shape index (κ3) is 22.4. The van der Waals surface area contributed by atoms with Crippen molar-refractivity contribution in [3.8, 4) is 40.2 Å². The van der Waals surface area contributed by atoms with Crippen molar-refractivity contribution in [3.05, 3.63) is 237 Å². The van der Waals surface area contributed by atoms with Gasteiger partial charge in [-0.05, 0) is 128 Å². The van der Waals surface area contributed by atoms with E-state index >= 15 is 0 Å². The number of likely N-dealkylation sites (N-methyl/N-ethyl adjacent to an activating group) is 1. The Labute approximate surface area is 723 Å². The molecular weight excluding hydrogens is 1650 g/mol. The lowest BCUT2D eigenvalue weighted by molar-refractivity contribution is -0.922. The van der Waals surface area contributed by atoms with Crippen LogP contribution in [0.1, 0.15) is 123 Å². The molecule has 32 nitrogen and oxygen atoms in total. The number of aromatic nitrogens is 3. The lowest BCUT2D eigenvalue weighted by Crippen LogP contribution is -2.60. The van der Waals surface area contributed by atoms with E-state index in [4.69, 9.17) is 61.0 Å². The summed E-state index contributed by atoms with van der Waals surface area (Å²) in [4.78, 5) is 81.8. The number of sulfone groups is 1. The van der Waals surface area contributed by atoms with Crippen molar-refractivity contribution in [2.24, 2.45) is 9.98 Å². The largest absolute Gasteiger partial charge is 0.501 e. The predicted octanol–water partition coefficient (Wildman–Crippen LogP) is 9.08. The summed E-state index contributed by atoms with van der Waals surface area (Å²) >= 11 is 0. The maximum absolute atomic E-state index is 14.3. The normalized spacial score (nSPS) is 18.4. The van der Waals surface area contributed by atoms with E-state index < -0.39 is 74.8 Å². The van der Waals surface area contributed by atoms with Crippen LogP contribution in [0.15, 0.2) is 185 Å². The number of carbonyl (C=O) groups excluding carboxylic acids is 5. The first-order valence-corrected chi connectivity index (χ1v) is 44.1. The molecule has 34 heteroatoms. The highest BCUT2D eigenvalue weighted by molar-refractivity contribution is 7.91. The van der Waals surface area contributed by atoms with Gasteiger partial charge in [0, 0.05) is 92.4 Å². The molecule has 14 rings (SSSR count). The monoisotopic (exact) mass is 1750 g/mol. The minimum Gasteiger partial charge on any atom is -0.493 e. The second-order valence-electron chi connectivity index (χ2n) is 31.4. The fourth-order valence-corrected chi connectivity index (χ4v) is 17.3. The second kappa shape index (κ2) is 40.5. The first-order chi connectivity index (χ1) is 60.3. The molecule has 1 unspecified atom stereocenters. The number of ether oxygens (including phenoxy) is 9. The fourth-order valence-electron chi connectivity index (χ4n) is 15.4. The molecule has 1 aromatic heterocycles. The summed E-state index contributed by atoms with van der Waals surface area (Å²) in [5.41, 5.74) is 8.83. The number of methoxy groups -OCH3 is 2. The molecule has 0 bridgehead atoms. The van der Waals surface area contributed by atoms with Crippen LogP contribution in [-0.2, 0) is 84.8 Å². The van der Waals surface area contributed by atoms with Gasteiger partial charge < -0.3 is 85.7 Å². The Kier molecular flexibility index (Phi) is 29.1. The second-order valence-corrected chi connectivity index (χ2v) is 34.6. The molecule has 5 aliphatic heterocycles. The zero-order chi connectivity index (χ0) is 87.9. The van der Waals surface area contributed by atoms with Crippen molar-refractivity contribution in [2.75, 3.05) is 93.0 Å². The topological polar surface area (TPSA) is 398 Å². The van der Waals surface area contributed by atoms with Crippen LogP contribution in [0.2, 0.25) is 0 Å². The number of nitrogens with zero attached hydrogens (tertiary/aromatic N) is 8. The highest BCUT2D eigenvalue weighted by Crippen LogP contribution is 2.42. The van der Waals surface area contributed by atoms with Gasteiger partial charge in [-0.15, -0.1) is 13.5 Å². The SMILES string of the molecule is COc1cc2c(cc1OCC[N+](C)(CCOc1cc3c(cc1OC)C(=O)N1Cc4ccccc4C[C@H]1C=N3)Cc1ccc(OS(=O)(=O)Oc3cc(C(=O)CCCOCCn4cc(COCCOCCCC(=O)c5cccc(C(=O)CCS(=O)(=O)c6ccc(C)cc6)c5)nn4)ccc3OC3O[C@H](CO)[C@H](O)[C@H](O)[C@H]3O)cc1)N=C[C@@H]1Cc3ccccc3CN1C2=O. The minimum absolute atomic E-state index is 0.0239. The van der Waals surface area contributed by atoms with E-state index in [9.17, 15) is 61.2 Å². The molecule has 2 amide bonds.